The lowest BCUT2D eigenvalue weighted by Crippen LogP contribution is -1.80. The Hall–Kier alpha value is -0.850. The fourth-order valence-electron chi connectivity index (χ4n) is 1.38. The lowest BCUT2D eigenvalue weighted by atomic mass is 10.1. The topological polar surface area (TPSA) is 39.6 Å². The van der Waals surface area contributed by atoms with Crippen LogP contribution in [0.2, 0.25) is 20.1 Å². The predicted octanol–water partition coefficient (Wildman–Crippen LogP) is 5.17. The van der Waals surface area contributed by atoms with E-state index < -0.39 is 0 Å². The van der Waals surface area contributed by atoms with E-state index in [1.807, 2.05) is 6.07 Å². The number of hydrogen-bond acceptors (Lipinski definition) is 1. The number of halogens is 4. The van der Waals surface area contributed by atoms with Crippen LogP contribution in [0.5, 0.6) is 0 Å². The van der Waals surface area contributed by atoms with Crippen molar-refractivity contribution in [1.82, 2.24) is 4.98 Å². The van der Waals surface area contributed by atoms with Gasteiger partial charge in [0.1, 0.15) is 11.8 Å². The second kappa shape index (κ2) is 4.80. The molecule has 1 heterocycles. The molecule has 0 spiro atoms. The molecule has 0 unspecified atom stereocenters. The van der Waals surface area contributed by atoms with Crippen molar-refractivity contribution in [2.75, 3.05) is 0 Å². The zero-order valence-electron chi connectivity index (χ0n) is 8.19. The summed E-state index contributed by atoms with van der Waals surface area (Å²) >= 11 is 23.6. The fraction of sp³-hybridized carbons (Fsp3) is 0. The molecular weight excluding hydrogens is 302 g/mol. The van der Waals surface area contributed by atoms with Crippen LogP contribution in [0.3, 0.4) is 0 Å². The van der Waals surface area contributed by atoms with Gasteiger partial charge in [0.15, 0.2) is 0 Å². The van der Waals surface area contributed by atoms with Gasteiger partial charge < -0.3 is 4.98 Å². The zero-order chi connectivity index (χ0) is 12.6. The molecule has 0 saturated heterocycles. The molecule has 17 heavy (non-hydrogen) atoms. The van der Waals surface area contributed by atoms with Gasteiger partial charge in [0.2, 0.25) is 0 Å². The van der Waals surface area contributed by atoms with Gasteiger partial charge in [-0.2, -0.15) is 5.26 Å². The Labute approximate surface area is 118 Å². The number of H-pyrrole nitrogens is 1. The minimum atomic E-state index is 0.204. The first-order chi connectivity index (χ1) is 8.04. The van der Waals surface area contributed by atoms with E-state index in [2.05, 4.69) is 4.98 Å². The highest BCUT2D eigenvalue weighted by Gasteiger charge is 2.15. The van der Waals surface area contributed by atoms with E-state index in [-0.39, 0.29) is 10.7 Å². The number of rotatable bonds is 1. The van der Waals surface area contributed by atoms with Gasteiger partial charge >= 0.3 is 0 Å². The summed E-state index contributed by atoms with van der Waals surface area (Å²) in [6, 6.07) is 6.96. The molecule has 2 aromatic rings. The van der Waals surface area contributed by atoms with E-state index in [0.717, 1.165) is 0 Å². The third kappa shape index (κ3) is 2.25. The smallest absolute Gasteiger partial charge is 0.138 e. The van der Waals surface area contributed by atoms with E-state index in [1.54, 1.807) is 18.2 Å². The first kappa shape index (κ1) is 12.6. The molecular formula is C11H4Cl4N2. The quantitative estimate of drug-likeness (QED) is 0.776. The Morgan fingerprint density at radius 1 is 1.00 bits per heavy atom. The van der Waals surface area contributed by atoms with Crippen molar-refractivity contribution >= 4 is 46.4 Å². The highest BCUT2D eigenvalue weighted by molar-refractivity contribution is 6.45. The van der Waals surface area contributed by atoms with E-state index in [9.17, 15) is 0 Å². The summed E-state index contributed by atoms with van der Waals surface area (Å²) in [6.45, 7) is 0. The van der Waals surface area contributed by atoms with Crippen LogP contribution in [-0.4, -0.2) is 4.98 Å². The highest BCUT2D eigenvalue weighted by atomic mass is 35.5. The van der Waals surface area contributed by atoms with Crippen molar-refractivity contribution in [3.05, 3.63) is 44.0 Å². The summed E-state index contributed by atoms with van der Waals surface area (Å²) < 4.78 is 0. The SMILES string of the molecule is N#Cc1[nH]c(-c2ccc(Cl)c(Cl)c2)c(Cl)c1Cl. The van der Waals surface area contributed by atoms with Crippen LogP contribution in [-0.2, 0) is 0 Å². The molecule has 1 N–H and O–H groups in total. The van der Waals surface area contributed by atoms with Crippen molar-refractivity contribution in [2.24, 2.45) is 0 Å². The molecule has 0 bridgehead atoms. The minimum absolute atomic E-state index is 0.204. The molecule has 2 rings (SSSR count). The number of nitriles is 1. The summed E-state index contributed by atoms with van der Waals surface area (Å²) in [4.78, 5) is 2.84. The molecule has 86 valence electrons. The van der Waals surface area contributed by atoms with E-state index in [1.165, 1.54) is 0 Å². The molecule has 1 aromatic heterocycles. The molecule has 0 radical (unpaired) electrons. The van der Waals surface area contributed by atoms with Crippen molar-refractivity contribution in [2.45, 2.75) is 0 Å². The maximum atomic E-state index is 8.83. The fourth-order valence-corrected chi connectivity index (χ4v) is 2.11. The number of nitrogens with zero attached hydrogens (tertiary/aromatic N) is 1. The van der Waals surface area contributed by atoms with Crippen molar-refractivity contribution in [3.63, 3.8) is 0 Å². The summed E-state index contributed by atoms with van der Waals surface area (Å²) in [5, 5.41) is 10.2. The van der Waals surface area contributed by atoms with Gasteiger partial charge in [0.25, 0.3) is 0 Å². The van der Waals surface area contributed by atoms with Gasteiger partial charge in [-0.25, -0.2) is 0 Å². The zero-order valence-corrected chi connectivity index (χ0v) is 11.2. The standard InChI is InChI=1S/C11H4Cl4N2/c12-6-2-1-5(3-7(6)13)11-10(15)9(14)8(4-16)17-11/h1-3,17H. The normalized spacial score (nSPS) is 10.3. The summed E-state index contributed by atoms with van der Waals surface area (Å²) in [7, 11) is 0. The summed E-state index contributed by atoms with van der Waals surface area (Å²) in [6.07, 6.45) is 0. The number of benzene rings is 1. The van der Waals surface area contributed by atoms with Crippen LogP contribution in [0.1, 0.15) is 5.69 Å². The van der Waals surface area contributed by atoms with Gasteiger partial charge in [0.05, 0.1) is 25.8 Å². The molecule has 0 atom stereocenters. The molecule has 0 aliphatic carbocycles. The van der Waals surface area contributed by atoms with E-state index in [0.29, 0.717) is 26.3 Å². The van der Waals surface area contributed by atoms with Gasteiger partial charge in [-0.05, 0) is 12.1 Å². The maximum absolute atomic E-state index is 8.83. The maximum Gasteiger partial charge on any atom is 0.138 e. The van der Waals surface area contributed by atoms with Crippen LogP contribution < -0.4 is 0 Å². The van der Waals surface area contributed by atoms with Gasteiger partial charge in [-0.3, -0.25) is 0 Å². The molecule has 0 aliphatic heterocycles. The van der Waals surface area contributed by atoms with Crippen LogP contribution in [0.25, 0.3) is 11.3 Å². The first-order valence-electron chi connectivity index (χ1n) is 4.47. The Kier molecular flexibility index (Phi) is 3.56. The number of nitrogens with one attached hydrogen (secondary N) is 1. The van der Waals surface area contributed by atoms with Crippen LogP contribution in [0.15, 0.2) is 18.2 Å². The molecule has 0 aliphatic rings. The first-order valence-corrected chi connectivity index (χ1v) is 5.98. The second-order valence-electron chi connectivity index (χ2n) is 3.24. The third-order valence-corrected chi connectivity index (χ3v) is 3.79. The van der Waals surface area contributed by atoms with Crippen molar-refractivity contribution in [1.29, 1.82) is 5.26 Å². The molecule has 0 fully saturated rings. The van der Waals surface area contributed by atoms with Crippen molar-refractivity contribution in [3.8, 4) is 17.3 Å². The van der Waals surface area contributed by atoms with Gasteiger partial charge in [-0.1, -0.05) is 52.5 Å². The van der Waals surface area contributed by atoms with Crippen LogP contribution in [0, 0.1) is 11.3 Å². The summed E-state index contributed by atoms with van der Waals surface area (Å²) in [5.41, 5.74) is 1.48. The predicted molar refractivity (Wildman–Crippen MR) is 71.0 cm³/mol. The Bertz CT molecular complexity index is 625. The van der Waals surface area contributed by atoms with Crippen LogP contribution in [0.4, 0.5) is 0 Å². The number of hydrogen-bond donors (Lipinski definition) is 1. The molecule has 0 saturated carbocycles. The largest absolute Gasteiger partial charge is 0.344 e. The summed E-state index contributed by atoms with van der Waals surface area (Å²) in [5.74, 6) is 0. The lowest BCUT2D eigenvalue weighted by molar-refractivity contribution is 1.33. The minimum Gasteiger partial charge on any atom is -0.344 e. The monoisotopic (exact) mass is 304 g/mol. The van der Waals surface area contributed by atoms with Gasteiger partial charge in [0, 0.05) is 5.56 Å². The highest BCUT2D eigenvalue weighted by Crippen LogP contribution is 2.37. The third-order valence-electron chi connectivity index (χ3n) is 2.20. The number of aromatic amines is 1. The molecule has 6 heteroatoms. The Morgan fingerprint density at radius 3 is 2.24 bits per heavy atom. The van der Waals surface area contributed by atoms with E-state index >= 15 is 0 Å². The average Bonchev–Trinajstić information content (AvgIpc) is 2.60. The molecule has 0 amide bonds. The molecule has 1 aromatic carbocycles. The van der Waals surface area contributed by atoms with Crippen LogP contribution >= 0.6 is 46.4 Å². The Morgan fingerprint density at radius 2 is 1.71 bits per heavy atom. The van der Waals surface area contributed by atoms with Gasteiger partial charge in [-0.15, -0.1) is 0 Å². The molecule has 2 nitrogen and oxygen atoms in total. The Balaban J connectivity index is 2.61. The number of aromatic nitrogens is 1. The second-order valence-corrected chi connectivity index (χ2v) is 4.81. The van der Waals surface area contributed by atoms with E-state index in [4.69, 9.17) is 51.7 Å². The lowest BCUT2D eigenvalue weighted by Gasteiger charge is -2.01. The average molecular weight is 306 g/mol. The van der Waals surface area contributed by atoms with Crippen molar-refractivity contribution < 1.29 is 0 Å².